The molecular formula is C24H20N4O4. The third-order valence-electron chi connectivity index (χ3n) is 6.33. The summed E-state index contributed by atoms with van der Waals surface area (Å²) in [7, 11) is 0. The number of rotatable bonds is 3. The van der Waals surface area contributed by atoms with Gasteiger partial charge in [-0.15, -0.1) is 0 Å². The second kappa shape index (κ2) is 7.32. The normalized spacial score (nSPS) is 23.9. The van der Waals surface area contributed by atoms with E-state index >= 15 is 0 Å². The molecule has 2 aromatic carbocycles. The first kappa shape index (κ1) is 20.0. The Hall–Kier alpha value is -3.96. The number of nitrogens with one attached hydrogen (secondary N) is 1. The fourth-order valence-electron chi connectivity index (χ4n) is 4.51. The van der Waals surface area contributed by atoms with Crippen LogP contribution in [0.5, 0.6) is 0 Å². The minimum atomic E-state index is -1.58. The Bertz CT molecular complexity index is 1260. The van der Waals surface area contributed by atoms with Crippen molar-refractivity contribution in [2.24, 2.45) is 0 Å². The Labute approximate surface area is 184 Å². The van der Waals surface area contributed by atoms with Crippen LogP contribution in [0.2, 0.25) is 0 Å². The molecular weight excluding hydrogens is 408 g/mol. The van der Waals surface area contributed by atoms with Crippen molar-refractivity contribution in [3.8, 4) is 11.8 Å². The fourth-order valence-corrected chi connectivity index (χ4v) is 4.51. The minimum Gasteiger partial charge on any atom is -0.451 e. The van der Waals surface area contributed by atoms with E-state index in [0.29, 0.717) is 29.8 Å². The van der Waals surface area contributed by atoms with Crippen LogP contribution in [0.4, 0.5) is 5.82 Å². The van der Waals surface area contributed by atoms with Gasteiger partial charge in [-0.2, -0.15) is 5.26 Å². The monoisotopic (exact) mass is 428 g/mol. The van der Waals surface area contributed by atoms with Crippen LogP contribution in [0.25, 0.3) is 5.69 Å². The molecule has 8 heteroatoms. The second-order valence-corrected chi connectivity index (χ2v) is 8.24. The number of aliphatic hydroxyl groups is 1. The molecule has 2 heterocycles. The van der Waals surface area contributed by atoms with Gasteiger partial charge in [0, 0.05) is 11.3 Å². The first-order valence-corrected chi connectivity index (χ1v) is 10.3. The molecule has 1 aliphatic carbocycles. The van der Waals surface area contributed by atoms with E-state index in [1.807, 2.05) is 18.2 Å². The molecule has 1 spiro atoms. The topological polar surface area (TPSA) is 117 Å². The zero-order valence-corrected chi connectivity index (χ0v) is 17.1. The van der Waals surface area contributed by atoms with E-state index in [-0.39, 0.29) is 18.8 Å². The highest BCUT2D eigenvalue weighted by atomic mass is 16.6. The molecule has 0 saturated heterocycles. The van der Waals surface area contributed by atoms with Crippen LogP contribution in [0.1, 0.15) is 47.2 Å². The van der Waals surface area contributed by atoms with Gasteiger partial charge >= 0.3 is 5.97 Å². The molecule has 8 nitrogen and oxygen atoms in total. The molecule has 32 heavy (non-hydrogen) atoms. The van der Waals surface area contributed by atoms with Crippen molar-refractivity contribution in [2.75, 3.05) is 5.32 Å². The zero-order valence-electron chi connectivity index (χ0n) is 17.1. The average Bonchev–Trinajstić information content (AvgIpc) is 3.39. The van der Waals surface area contributed by atoms with Gasteiger partial charge in [0.2, 0.25) is 0 Å². The number of aromatic nitrogens is 2. The summed E-state index contributed by atoms with van der Waals surface area (Å²) in [5.41, 5.74) is 0.255. The molecule has 0 atom stereocenters. The Morgan fingerprint density at radius 2 is 1.94 bits per heavy atom. The third-order valence-corrected chi connectivity index (χ3v) is 6.33. The van der Waals surface area contributed by atoms with Gasteiger partial charge in [-0.05, 0) is 49.9 Å². The predicted octanol–water partition coefficient (Wildman–Crippen LogP) is 3.05. The SMILES string of the molecule is N#Cc1cccc(-n2cnc(NC(=O)[C@]3(O)CC[C@@]4(CC3)OC(=O)c3ccccc34)c2)c1. The number of nitrogens with zero attached hydrogens (tertiary/aromatic N) is 3. The van der Waals surface area contributed by atoms with Crippen molar-refractivity contribution < 1.29 is 19.4 Å². The lowest BCUT2D eigenvalue weighted by atomic mass is 9.72. The Balaban J connectivity index is 1.29. The molecule has 0 radical (unpaired) electrons. The number of benzene rings is 2. The van der Waals surface area contributed by atoms with Crippen LogP contribution in [-0.2, 0) is 15.1 Å². The summed E-state index contributed by atoms with van der Waals surface area (Å²) in [6.07, 6.45) is 4.18. The van der Waals surface area contributed by atoms with Crippen molar-refractivity contribution in [3.05, 3.63) is 77.7 Å². The first-order chi connectivity index (χ1) is 15.4. The maximum atomic E-state index is 12.9. The predicted molar refractivity (Wildman–Crippen MR) is 114 cm³/mol. The number of imidazole rings is 1. The van der Waals surface area contributed by atoms with Crippen molar-refractivity contribution in [1.29, 1.82) is 5.26 Å². The van der Waals surface area contributed by atoms with Crippen molar-refractivity contribution in [2.45, 2.75) is 36.9 Å². The van der Waals surface area contributed by atoms with Crippen LogP contribution in [-0.4, -0.2) is 32.1 Å². The van der Waals surface area contributed by atoms with Gasteiger partial charge in [0.1, 0.15) is 17.5 Å². The highest BCUT2D eigenvalue weighted by Crippen LogP contribution is 2.49. The van der Waals surface area contributed by atoms with Crippen LogP contribution < -0.4 is 5.32 Å². The lowest BCUT2D eigenvalue weighted by Crippen LogP contribution is -2.49. The van der Waals surface area contributed by atoms with Gasteiger partial charge in [0.05, 0.1) is 23.4 Å². The molecule has 2 aliphatic rings. The lowest BCUT2D eigenvalue weighted by Gasteiger charge is -2.40. The van der Waals surface area contributed by atoms with E-state index < -0.39 is 17.1 Å². The van der Waals surface area contributed by atoms with E-state index in [4.69, 9.17) is 10.00 Å². The van der Waals surface area contributed by atoms with Gasteiger partial charge < -0.3 is 19.7 Å². The number of fused-ring (bicyclic) bond motifs is 2. The largest absolute Gasteiger partial charge is 0.451 e. The molecule has 1 aliphatic heterocycles. The standard InChI is InChI=1S/C24H20N4O4/c25-13-16-4-3-5-17(12-16)28-14-20(26-15-28)27-22(30)23(31)8-10-24(11-9-23)19-7-2-1-6-18(19)21(29)32-24/h1-7,12,14-15,31H,8-11H2,(H,27,30)/t23-,24-. The Morgan fingerprint density at radius 3 is 2.72 bits per heavy atom. The molecule has 1 amide bonds. The highest BCUT2D eigenvalue weighted by molar-refractivity contribution is 5.97. The molecule has 3 aromatic rings. The third kappa shape index (κ3) is 3.24. The first-order valence-electron chi connectivity index (χ1n) is 10.3. The van der Waals surface area contributed by atoms with Gasteiger partial charge in [-0.3, -0.25) is 4.79 Å². The maximum Gasteiger partial charge on any atom is 0.339 e. The smallest absolute Gasteiger partial charge is 0.339 e. The number of carbonyl (C=O) groups is 2. The quantitative estimate of drug-likeness (QED) is 0.619. The summed E-state index contributed by atoms with van der Waals surface area (Å²) in [5.74, 6) is -0.605. The number of anilines is 1. The van der Waals surface area contributed by atoms with Crippen molar-refractivity contribution in [1.82, 2.24) is 9.55 Å². The molecule has 1 aromatic heterocycles. The van der Waals surface area contributed by atoms with Crippen LogP contribution in [0, 0.1) is 11.3 Å². The fraction of sp³-hybridized carbons (Fsp3) is 0.250. The molecule has 1 saturated carbocycles. The van der Waals surface area contributed by atoms with Crippen molar-refractivity contribution >= 4 is 17.7 Å². The molecule has 0 unspecified atom stereocenters. The summed E-state index contributed by atoms with van der Waals surface area (Å²) in [6, 6.07) is 16.4. The molecule has 160 valence electrons. The van der Waals surface area contributed by atoms with Crippen molar-refractivity contribution in [3.63, 3.8) is 0 Å². The molecule has 5 rings (SSSR count). The van der Waals surface area contributed by atoms with E-state index in [1.54, 1.807) is 41.1 Å². The molecule has 2 N–H and O–H groups in total. The van der Waals surface area contributed by atoms with Crippen LogP contribution >= 0.6 is 0 Å². The number of nitriles is 1. The van der Waals surface area contributed by atoms with Gasteiger partial charge in [0.25, 0.3) is 5.91 Å². The minimum absolute atomic E-state index is 0.158. The number of esters is 1. The van der Waals surface area contributed by atoms with E-state index in [9.17, 15) is 14.7 Å². The summed E-state index contributed by atoms with van der Waals surface area (Å²) in [4.78, 5) is 29.3. The maximum absolute atomic E-state index is 12.9. The molecule has 1 fully saturated rings. The van der Waals surface area contributed by atoms with Crippen LogP contribution in [0.15, 0.2) is 61.1 Å². The summed E-state index contributed by atoms with van der Waals surface area (Å²) < 4.78 is 7.39. The lowest BCUT2D eigenvalue weighted by molar-refractivity contribution is -0.144. The summed E-state index contributed by atoms with van der Waals surface area (Å²) in [6.45, 7) is 0. The van der Waals surface area contributed by atoms with Gasteiger partial charge in [-0.1, -0.05) is 24.3 Å². The summed E-state index contributed by atoms with van der Waals surface area (Å²) in [5, 5.41) is 22.8. The number of amides is 1. The van der Waals surface area contributed by atoms with E-state index in [1.165, 1.54) is 6.33 Å². The van der Waals surface area contributed by atoms with Gasteiger partial charge in [0.15, 0.2) is 5.82 Å². The Morgan fingerprint density at radius 1 is 1.16 bits per heavy atom. The summed E-state index contributed by atoms with van der Waals surface area (Å²) >= 11 is 0. The molecule has 0 bridgehead atoms. The number of hydrogen-bond acceptors (Lipinski definition) is 6. The number of hydrogen-bond donors (Lipinski definition) is 2. The number of carbonyl (C=O) groups excluding carboxylic acids is 2. The van der Waals surface area contributed by atoms with Gasteiger partial charge in [-0.25, -0.2) is 9.78 Å². The zero-order chi connectivity index (χ0) is 22.3. The Kier molecular flexibility index (Phi) is 4.57. The average molecular weight is 428 g/mol. The van der Waals surface area contributed by atoms with E-state index in [0.717, 1.165) is 11.3 Å². The number of ether oxygens (including phenoxy) is 1. The van der Waals surface area contributed by atoms with Crippen LogP contribution in [0.3, 0.4) is 0 Å². The highest BCUT2D eigenvalue weighted by Gasteiger charge is 2.52. The van der Waals surface area contributed by atoms with E-state index in [2.05, 4.69) is 16.4 Å². The second-order valence-electron chi connectivity index (χ2n) is 8.24.